The van der Waals surface area contributed by atoms with Gasteiger partial charge >= 0.3 is 5.97 Å². The third kappa shape index (κ3) is 5.24. The zero-order valence-corrected chi connectivity index (χ0v) is 12.4. The molecule has 118 valence electrons. The first kappa shape index (κ1) is 16.2. The number of methoxy groups -OCH3 is 1. The number of nitrogens with zero attached hydrogens (tertiary/aromatic N) is 2. The van der Waals surface area contributed by atoms with E-state index in [1.54, 1.807) is 12.1 Å². The molecule has 2 rings (SSSR count). The Kier molecular flexibility index (Phi) is 5.81. The SMILES string of the molecule is COC(=O)/C=C/CNC(=O)c1cnc(Oc2ccccc2)cn1. The van der Waals surface area contributed by atoms with Gasteiger partial charge in [0.05, 0.1) is 19.5 Å². The maximum absolute atomic E-state index is 11.8. The van der Waals surface area contributed by atoms with Crippen LogP contribution < -0.4 is 10.1 Å². The number of esters is 1. The first-order valence-electron chi connectivity index (χ1n) is 6.76. The normalized spacial score (nSPS) is 10.3. The first-order chi connectivity index (χ1) is 11.2. The van der Waals surface area contributed by atoms with Gasteiger partial charge in [-0.25, -0.2) is 14.8 Å². The van der Waals surface area contributed by atoms with Crippen LogP contribution >= 0.6 is 0 Å². The van der Waals surface area contributed by atoms with E-state index in [4.69, 9.17) is 4.74 Å². The molecule has 0 saturated heterocycles. The van der Waals surface area contributed by atoms with Crippen molar-refractivity contribution in [2.75, 3.05) is 13.7 Å². The number of nitrogens with one attached hydrogen (secondary N) is 1. The van der Waals surface area contributed by atoms with Crippen molar-refractivity contribution >= 4 is 11.9 Å². The lowest BCUT2D eigenvalue weighted by Crippen LogP contribution is -2.24. The Morgan fingerprint density at radius 2 is 1.96 bits per heavy atom. The van der Waals surface area contributed by atoms with Crippen molar-refractivity contribution in [2.24, 2.45) is 0 Å². The molecular formula is C16H15N3O4. The van der Waals surface area contributed by atoms with Gasteiger partial charge in [-0.3, -0.25) is 4.79 Å². The second kappa shape index (κ2) is 8.28. The summed E-state index contributed by atoms with van der Waals surface area (Å²) >= 11 is 0. The van der Waals surface area contributed by atoms with Crippen LogP contribution in [0.2, 0.25) is 0 Å². The minimum Gasteiger partial charge on any atom is -0.466 e. The van der Waals surface area contributed by atoms with Crippen molar-refractivity contribution < 1.29 is 19.1 Å². The zero-order chi connectivity index (χ0) is 16.5. The Morgan fingerprint density at radius 1 is 1.17 bits per heavy atom. The molecule has 0 aliphatic heterocycles. The topological polar surface area (TPSA) is 90.4 Å². The van der Waals surface area contributed by atoms with Crippen LogP contribution in [0, 0.1) is 0 Å². The van der Waals surface area contributed by atoms with Crippen LogP contribution in [0.5, 0.6) is 11.6 Å². The van der Waals surface area contributed by atoms with E-state index >= 15 is 0 Å². The number of benzene rings is 1. The molecule has 0 aliphatic rings. The standard InChI is InChI=1S/C16H15N3O4/c1-22-15(20)8-5-9-17-16(21)13-10-19-14(11-18-13)23-12-6-3-2-4-7-12/h2-8,10-11H,9H2,1H3,(H,17,21)/b8-5+. The van der Waals surface area contributed by atoms with E-state index < -0.39 is 11.9 Å². The van der Waals surface area contributed by atoms with Crippen LogP contribution in [0.4, 0.5) is 0 Å². The van der Waals surface area contributed by atoms with Gasteiger partial charge in [-0.15, -0.1) is 0 Å². The van der Waals surface area contributed by atoms with E-state index in [0.29, 0.717) is 11.6 Å². The van der Waals surface area contributed by atoms with Crippen molar-refractivity contribution in [3.8, 4) is 11.6 Å². The highest BCUT2D eigenvalue weighted by atomic mass is 16.5. The Balaban J connectivity index is 1.87. The number of para-hydroxylation sites is 1. The number of carbonyl (C=O) groups is 2. The molecule has 0 saturated carbocycles. The average molecular weight is 313 g/mol. The van der Waals surface area contributed by atoms with Gasteiger partial charge in [0.15, 0.2) is 0 Å². The Bertz CT molecular complexity index is 684. The summed E-state index contributed by atoms with van der Waals surface area (Å²) in [4.78, 5) is 30.7. The van der Waals surface area contributed by atoms with Gasteiger partial charge in [0.1, 0.15) is 11.4 Å². The van der Waals surface area contributed by atoms with E-state index in [2.05, 4.69) is 20.0 Å². The van der Waals surface area contributed by atoms with E-state index in [1.807, 2.05) is 18.2 Å². The first-order valence-corrected chi connectivity index (χ1v) is 6.76. The molecule has 1 heterocycles. The Morgan fingerprint density at radius 3 is 2.61 bits per heavy atom. The van der Waals surface area contributed by atoms with Crippen molar-refractivity contribution in [2.45, 2.75) is 0 Å². The molecule has 0 spiro atoms. The summed E-state index contributed by atoms with van der Waals surface area (Å²) in [5.41, 5.74) is 0.150. The molecule has 1 aromatic carbocycles. The molecule has 0 aliphatic carbocycles. The molecule has 23 heavy (non-hydrogen) atoms. The molecule has 2 aromatic rings. The van der Waals surface area contributed by atoms with E-state index in [-0.39, 0.29) is 12.2 Å². The van der Waals surface area contributed by atoms with E-state index in [0.717, 1.165) is 0 Å². The van der Waals surface area contributed by atoms with Gasteiger partial charge in [-0.2, -0.15) is 0 Å². The lowest BCUT2D eigenvalue weighted by atomic mass is 10.3. The molecule has 0 bridgehead atoms. The molecule has 0 atom stereocenters. The summed E-state index contributed by atoms with van der Waals surface area (Å²) in [6.45, 7) is 0.178. The smallest absolute Gasteiger partial charge is 0.330 e. The van der Waals surface area contributed by atoms with Gasteiger partial charge < -0.3 is 14.8 Å². The molecule has 1 N–H and O–H groups in total. The highest BCUT2D eigenvalue weighted by Gasteiger charge is 2.07. The number of hydrogen-bond acceptors (Lipinski definition) is 6. The molecule has 7 nitrogen and oxygen atoms in total. The average Bonchev–Trinajstić information content (AvgIpc) is 2.60. The highest BCUT2D eigenvalue weighted by Crippen LogP contribution is 2.17. The Labute approximate surface area is 133 Å². The number of amides is 1. The fourth-order valence-electron chi connectivity index (χ4n) is 1.56. The molecule has 0 radical (unpaired) electrons. The summed E-state index contributed by atoms with van der Waals surface area (Å²) in [6, 6.07) is 9.13. The van der Waals surface area contributed by atoms with Crippen molar-refractivity contribution in [3.63, 3.8) is 0 Å². The largest absolute Gasteiger partial charge is 0.466 e. The lowest BCUT2D eigenvalue weighted by Gasteiger charge is -2.05. The van der Waals surface area contributed by atoms with Crippen molar-refractivity contribution in [1.29, 1.82) is 0 Å². The van der Waals surface area contributed by atoms with Gasteiger partial charge in [-0.1, -0.05) is 24.3 Å². The van der Waals surface area contributed by atoms with Gasteiger partial charge in [0.2, 0.25) is 5.88 Å². The predicted octanol–water partition coefficient (Wildman–Crippen LogP) is 1.73. The van der Waals surface area contributed by atoms with Crippen molar-refractivity contribution in [1.82, 2.24) is 15.3 Å². The Hall–Kier alpha value is -3.22. The number of carbonyl (C=O) groups excluding carboxylic acids is 2. The van der Waals surface area contributed by atoms with Crippen LogP contribution in [0.15, 0.2) is 54.9 Å². The van der Waals surface area contributed by atoms with Crippen LogP contribution in [-0.2, 0) is 9.53 Å². The third-order valence-electron chi connectivity index (χ3n) is 2.66. The van der Waals surface area contributed by atoms with E-state index in [9.17, 15) is 9.59 Å². The van der Waals surface area contributed by atoms with Crippen LogP contribution in [0.25, 0.3) is 0 Å². The van der Waals surface area contributed by atoms with Gasteiger partial charge in [0, 0.05) is 12.6 Å². The van der Waals surface area contributed by atoms with Gasteiger partial charge in [-0.05, 0) is 12.1 Å². The summed E-state index contributed by atoms with van der Waals surface area (Å²) in [5.74, 6) is 0.0324. The number of ether oxygens (including phenoxy) is 2. The minimum absolute atomic E-state index is 0.150. The lowest BCUT2D eigenvalue weighted by molar-refractivity contribution is -0.134. The monoisotopic (exact) mass is 313 g/mol. The fraction of sp³-hybridized carbons (Fsp3) is 0.125. The van der Waals surface area contributed by atoms with Crippen LogP contribution in [-0.4, -0.2) is 35.5 Å². The zero-order valence-electron chi connectivity index (χ0n) is 12.4. The summed E-state index contributed by atoms with van der Waals surface area (Å²) in [5, 5.41) is 2.57. The second-order valence-corrected chi connectivity index (χ2v) is 4.29. The number of hydrogen-bond donors (Lipinski definition) is 1. The highest BCUT2D eigenvalue weighted by molar-refractivity contribution is 5.92. The van der Waals surface area contributed by atoms with Gasteiger partial charge in [0.25, 0.3) is 5.91 Å². The third-order valence-corrected chi connectivity index (χ3v) is 2.66. The predicted molar refractivity (Wildman–Crippen MR) is 82.0 cm³/mol. The van der Waals surface area contributed by atoms with Crippen LogP contribution in [0.3, 0.4) is 0 Å². The summed E-state index contributed by atoms with van der Waals surface area (Å²) in [7, 11) is 1.28. The summed E-state index contributed by atoms with van der Waals surface area (Å²) < 4.78 is 9.91. The van der Waals surface area contributed by atoms with Crippen LogP contribution in [0.1, 0.15) is 10.5 Å². The minimum atomic E-state index is -0.485. The molecule has 1 amide bonds. The summed E-state index contributed by atoms with van der Waals surface area (Å²) in [6.07, 6.45) is 5.39. The number of rotatable bonds is 6. The maximum Gasteiger partial charge on any atom is 0.330 e. The molecule has 0 unspecified atom stereocenters. The fourth-order valence-corrected chi connectivity index (χ4v) is 1.56. The molecule has 7 heteroatoms. The second-order valence-electron chi connectivity index (χ2n) is 4.29. The molecule has 1 aromatic heterocycles. The maximum atomic E-state index is 11.8. The van der Waals surface area contributed by atoms with Crippen molar-refractivity contribution in [3.05, 3.63) is 60.6 Å². The quantitative estimate of drug-likeness (QED) is 0.645. The number of aromatic nitrogens is 2. The molecule has 0 fully saturated rings. The van der Waals surface area contributed by atoms with E-state index in [1.165, 1.54) is 31.7 Å². The molecular weight excluding hydrogens is 298 g/mol.